The standard InChI is InChI=1S/C16H18F3N3O/c1-3-6-13(15(23)20-2)22-10-9-21-14(22)11-7-4-5-8-12(11)16(17,18)19/h4-5,7-10,13H,3,6H2,1-2H3,(H,20,23)/t13-/m1/s1. The molecule has 0 bridgehead atoms. The lowest BCUT2D eigenvalue weighted by Gasteiger charge is -2.20. The van der Waals surface area contributed by atoms with Gasteiger partial charge in [0, 0.05) is 25.0 Å². The molecule has 1 N–H and O–H groups in total. The normalized spacial score (nSPS) is 12.9. The van der Waals surface area contributed by atoms with Gasteiger partial charge in [-0.1, -0.05) is 31.5 Å². The van der Waals surface area contributed by atoms with Crippen LogP contribution in [0.2, 0.25) is 0 Å². The molecule has 2 aromatic rings. The second-order valence-electron chi connectivity index (χ2n) is 5.12. The summed E-state index contributed by atoms with van der Waals surface area (Å²) in [4.78, 5) is 16.1. The van der Waals surface area contributed by atoms with Gasteiger partial charge in [-0.3, -0.25) is 4.79 Å². The zero-order valence-electron chi connectivity index (χ0n) is 12.9. The maximum atomic E-state index is 13.2. The van der Waals surface area contributed by atoms with Crippen LogP contribution < -0.4 is 5.32 Å². The van der Waals surface area contributed by atoms with Crippen LogP contribution in [0.15, 0.2) is 36.7 Å². The highest BCUT2D eigenvalue weighted by Gasteiger charge is 2.35. The average molecular weight is 325 g/mol. The Morgan fingerprint density at radius 3 is 2.65 bits per heavy atom. The molecular weight excluding hydrogens is 307 g/mol. The van der Waals surface area contributed by atoms with Crippen LogP contribution in [-0.2, 0) is 11.0 Å². The predicted octanol–water partition coefficient (Wildman–Crippen LogP) is 3.66. The Morgan fingerprint density at radius 2 is 2.04 bits per heavy atom. The van der Waals surface area contributed by atoms with Gasteiger partial charge in [-0.05, 0) is 12.5 Å². The minimum Gasteiger partial charge on any atom is -0.357 e. The number of alkyl halides is 3. The molecule has 0 saturated carbocycles. The highest BCUT2D eigenvalue weighted by molar-refractivity contribution is 5.81. The number of hydrogen-bond donors (Lipinski definition) is 1. The summed E-state index contributed by atoms with van der Waals surface area (Å²) < 4.78 is 41.2. The summed E-state index contributed by atoms with van der Waals surface area (Å²) in [5, 5.41) is 2.55. The summed E-state index contributed by atoms with van der Waals surface area (Å²) in [6.07, 6.45) is -0.305. The van der Waals surface area contributed by atoms with Crippen LogP contribution >= 0.6 is 0 Å². The van der Waals surface area contributed by atoms with Crippen molar-refractivity contribution in [3.8, 4) is 11.4 Å². The van der Waals surface area contributed by atoms with Crippen LogP contribution in [0.3, 0.4) is 0 Å². The van der Waals surface area contributed by atoms with Crippen molar-refractivity contribution in [2.24, 2.45) is 0 Å². The summed E-state index contributed by atoms with van der Waals surface area (Å²) in [5.74, 6) is -0.115. The second-order valence-corrected chi connectivity index (χ2v) is 5.12. The Morgan fingerprint density at radius 1 is 1.35 bits per heavy atom. The Bertz CT molecular complexity index is 679. The molecule has 0 aliphatic carbocycles. The molecule has 1 heterocycles. The summed E-state index contributed by atoms with van der Waals surface area (Å²) in [6.45, 7) is 1.91. The quantitative estimate of drug-likeness (QED) is 0.912. The third kappa shape index (κ3) is 3.55. The molecule has 0 unspecified atom stereocenters. The van der Waals surface area contributed by atoms with Crippen molar-refractivity contribution >= 4 is 5.91 Å². The van der Waals surface area contributed by atoms with Crippen molar-refractivity contribution in [2.75, 3.05) is 7.05 Å². The Kier molecular flexibility index (Phi) is 5.08. The third-order valence-electron chi connectivity index (χ3n) is 3.59. The zero-order chi connectivity index (χ0) is 17.0. The highest BCUT2D eigenvalue weighted by atomic mass is 19.4. The first-order valence-electron chi connectivity index (χ1n) is 7.31. The van der Waals surface area contributed by atoms with E-state index in [4.69, 9.17) is 0 Å². The van der Waals surface area contributed by atoms with Crippen LogP contribution in [0, 0.1) is 0 Å². The number of nitrogens with one attached hydrogen (secondary N) is 1. The molecule has 1 amide bonds. The zero-order valence-corrected chi connectivity index (χ0v) is 12.9. The van der Waals surface area contributed by atoms with Crippen molar-refractivity contribution in [1.29, 1.82) is 0 Å². The van der Waals surface area contributed by atoms with Crippen molar-refractivity contribution in [3.63, 3.8) is 0 Å². The van der Waals surface area contributed by atoms with E-state index in [2.05, 4.69) is 10.3 Å². The minimum absolute atomic E-state index is 0.0324. The fourth-order valence-electron chi connectivity index (χ4n) is 2.54. The third-order valence-corrected chi connectivity index (χ3v) is 3.59. The molecule has 2 rings (SSSR count). The van der Waals surface area contributed by atoms with Crippen molar-refractivity contribution in [3.05, 3.63) is 42.2 Å². The van der Waals surface area contributed by atoms with Gasteiger partial charge in [-0.15, -0.1) is 0 Å². The molecule has 0 aliphatic rings. The lowest BCUT2D eigenvalue weighted by atomic mass is 10.1. The number of aromatic nitrogens is 2. The first-order chi connectivity index (χ1) is 10.9. The molecule has 0 saturated heterocycles. The van der Waals surface area contributed by atoms with E-state index in [1.807, 2.05) is 6.92 Å². The molecule has 0 fully saturated rings. The Labute approximate surface area is 132 Å². The molecule has 0 radical (unpaired) electrons. The molecule has 1 atom stereocenters. The fraction of sp³-hybridized carbons (Fsp3) is 0.375. The molecule has 23 heavy (non-hydrogen) atoms. The molecular formula is C16H18F3N3O. The van der Waals surface area contributed by atoms with Gasteiger partial charge < -0.3 is 9.88 Å². The van der Waals surface area contributed by atoms with E-state index in [1.54, 1.807) is 0 Å². The van der Waals surface area contributed by atoms with Crippen molar-refractivity contribution in [2.45, 2.75) is 32.0 Å². The molecule has 124 valence electrons. The number of halogens is 3. The number of hydrogen-bond acceptors (Lipinski definition) is 2. The minimum atomic E-state index is -4.49. The van der Waals surface area contributed by atoms with Crippen LogP contribution in [0.25, 0.3) is 11.4 Å². The maximum Gasteiger partial charge on any atom is 0.417 e. The first-order valence-corrected chi connectivity index (χ1v) is 7.31. The molecule has 7 heteroatoms. The number of imidazole rings is 1. The number of amides is 1. The molecule has 0 aliphatic heterocycles. The van der Waals surface area contributed by atoms with Gasteiger partial charge in [0.25, 0.3) is 0 Å². The van der Waals surface area contributed by atoms with E-state index in [0.717, 1.165) is 12.5 Å². The number of likely N-dealkylation sites (N-methyl/N-ethyl adjacent to an activating group) is 1. The highest BCUT2D eigenvalue weighted by Crippen LogP contribution is 2.37. The smallest absolute Gasteiger partial charge is 0.357 e. The van der Waals surface area contributed by atoms with E-state index in [-0.39, 0.29) is 17.3 Å². The summed E-state index contributed by atoms with van der Waals surface area (Å²) in [7, 11) is 1.51. The number of carbonyl (C=O) groups excluding carboxylic acids is 1. The molecule has 4 nitrogen and oxygen atoms in total. The topological polar surface area (TPSA) is 46.9 Å². The van der Waals surface area contributed by atoms with Gasteiger partial charge in [0.1, 0.15) is 11.9 Å². The first kappa shape index (κ1) is 17.1. The van der Waals surface area contributed by atoms with E-state index in [1.165, 1.54) is 42.2 Å². The molecule has 0 spiro atoms. The number of benzene rings is 1. The van der Waals surface area contributed by atoms with Gasteiger partial charge in [-0.2, -0.15) is 13.2 Å². The summed E-state index contributed by atoms with van der Waals surface area (Å²) in [6, 6.07) is 4.65. The number of rotatable bonds is 5. The van der Waals surface area contributed by atoms with Crippen LogP contribution in [-0.4, -0.2) is 22.5 Å². The molecule has 1 aromatic carbocycles. The van der Waals surface area contributed by atoms with Crippen LogP contribution in [0.5, 0.6) is 0 Å². The fourth-order valence-corrected chi connectivity index (χ4v) is 2.54. The SMILES string of the molecule is CCC[C@H](C(=O)NC)n1ccnc1-c1ccccc1C(F)(F)F. The number of carbonyl (C=O) groups is 1. The average Bonchev–Trinajstić information content (AvgIpc) is 3.00. The van der Waals surface area contributed by atoms with Gasteiger partial charge in [0.2, 0.25) is 5.91 Å². The van der Waals surface area contributed by atoms with Crippen molar-refractivity contribution in [1.82, 2.24) is 14.9 Å². The monoisotopic (exact) mass is 325 g/mol. The summed E-state index contributed by atoms with van der Waals surface area (Å²) in [5.41, 5.74) is -0.797. The second kappa shape index (κ2) is 6.85. The van der Waals surface area contributed by atoms with E-state index >= 15 is 0 Å². The van der Waals surface area contributed by atoms with Crippen LogP contribution in [0.1, 0.15) is 31.4 Å². The largest absolute Gasteiger partial charge is 0.417 e. The molecule has 1 aromatic heterocycles. The van der Waals surface area contributed by atoms with Gasteiger partial charge in [0.05, 0.1) is 5.56 Å². The van der Waals surface area contributed by atoms with E-state index in [9.17, 15) is 18.0 Å². The lowest BCUT2D eigenvalue weighted by Crippen LogP contribution is -2.30. The Hall–Kier alpha value is -2.31. The van der Waals surface area contributed by atoms with Crippen LogP contribution in [0.4, 0.5) is 13.2 Å². The maximum absolute atomic E-state index is 13.2. The van der Waals surface area contributed by atoms with Gasteiger partial charge in [-0.25, -0.2) is 4.98 Å². The number of nitrogens with zero attached hydrogens (tertiary/aromatic N) is 2. The lowest BCUT2D eigenvalue weighted by molar-refractivity contribution is -0.137. The van der Waals surface area contributed by atoms with Crippen molar-refractivity contribution < 1.29 is 18.0 Å². The van der Waals surface area contributed by atoms with E-state index < -0.39 is 17.8 Å². The Balaban J connectivity index is 2.56. The summed E-state index contributed by atoms with van der Waals surface area (Å²) >= 11 is 0. The van der Waals surface area contributed by atoms with Gasteiger partial charge in [0.15, 0.2) is 0 Å². The predicted molar refractivity (Wildman–Crippen MR) is 80.7 cm³/mol. The van der Waals surface area contributed by atoms with E-state index in [0.29, 0.717) is 6.42 Å². The van der Waals surface area contributed by atoms with Gasteiger partial charge >= 0.3 is 6.18 Å².